The molecule has 1 unspecified atom stereocenters. The van der Waals surface area contributed by atoms with E-state index in [2.05, 4.69) is 29.3 Å². The molecule has 0 amide bonds. The second kappa shape index (κ2) is 3.63. The Balaban J connectivity index is 2.04. The second-order valence-corrected chi connectivity index (χ2v) is 5.16. The van der Waals surface area contributed by atoms with E-state index in [1.807, 2.05) is 11.3 Å². The third-order valence-electron chi connectivity index (χ3n) is 2.04. The van der Waals surface area contributed by atoms with Gasteiger partial charge in [0.25, 0.3) is 0 Å². The molecular formula is C9H12S2. The number of rotatable bonds is 1. The summed E-state index contributed by atoms with van der Waals surface area (Å²) in [5.74, 6) is 1.36. The molecule has 1 atom stereocenters. The van der Waals surface area contributed by atoms with Crippen LogP contribution in [0.25, 0.3) is 0 Å². The van der Waals surface area contributed by atoms with Crippen LogP contribution in [-0.4, -0.2) is 5.75 Å². The zero-order chi connectivity index (χ0) is 7.52. The molecule has 11 heavy (non-hydrogen) atoms. The maximum atomic E-state index is 2.27. The Morgan fingerprint density at radius 2 is 2.36 bits per heavy atom. The molecule has 2 rings (SSSR count). The van der Waals surface area contributed by atoms with Crippen molar-refractivity contribution in [2.75, 3.05) is 5.75 Å². The van der Waals surface area contributed by atoms with Gasteiger partial charge in [0.1, 0.15) is 0 Å². The van der Waals surface area contributed by atoms with Gasteiger partial charge in [-0.25, -0.2) is 0 Å². The van der Waals surface area contributed by atoms with Gasteiger partial charge in [0.15, 0.2) is 0 Å². The normalized spacial score (nSPS) is 25.3. The first-order chi connectivity index (χ1) is 5.47. The number of hydrogen-bond acceptors (Lipinski definition) is 2. The monoisotopic (exact) mass is 184 g/mol. The van der Waals surface area contributed by atoms with Crippen molar-refractivity contribution in [3.8, 4) is 0 Å². The lowest BCUT2D eigenvalue weighted by atomic mass is 10.1. The van der Waals surface area contributed by atoms with Crippen LogP contribution >= 0.6 is 23.1 Å². The summed E-state index contributed by atoms with van der Waals surface area (Å²) < 4.78 is 0. The van der Waals surface area contributed by atoms with Crippen LogP contribution < -0.4 is 0 Å². The Hall–Kier alpha value is 0.0500. The highest BCUT2D eigenvalue weighted by Gasteiger charge is 2.15. The highest BCUT2D eigenvalue weighted by Crippen LogP contribution is 2.39. The zero-order valence-corrected chi connectivity index (χ0v) is 8.09. The standard InChI is InChI=1S/C9H12S2/c1-2-6-10-8(4-1)9-5-3-7-11-9/h3,5,7-8H,1-2,4,6H2. The van der Waals surface area contributed by atoms with Gasteiger partial charge >= 0.3 is 0 Å². The van der Waals surface area contributed by atoms with Gasteiger partial charge in [-0.15, -0.1) is 11.3 Å². The summed E-state index contributed by atoms with van der Waals surface area (Å²) in [5, 5.41) is 3.01. The average molecular weight is 184 g/mol. The first-order valence-electron chi connectivity index (χ1n) is 4.12. The molecule has 0 saturated carbocycles. The Bertz CT molecular complexity index is 197. The van der Waals surface area contributed by atoms with E-state index >= 15 is 0 Å². The predicted octanol–water partition coefficient (Wildman–Crippen LogP) is 3.71. The van der Waals surface area contributed by atoms with Gasteiger partial charge in [0.2, 0.25) is 0 Å². The lowest BCUT2D eigenvalue weighted by molar-refractivity contribution is 0.692. The van der Waals surface area contributed by atoms with Crippen molar-refractivity contribution in [3.63, 3.8) is 0 Å². The minimum absolute atomic E-state index is 0.823. The number of thiophene rings is 1. The summed E-state index contributed by atoms with van der Waals surface area (Å²) in [4.78, 5) is 1.58. The van der Waals surface area contributed by atoms with Gasteiger partial charge in [0, 0.05) is 10.1 Å². The molecule has 0 nitrogen and oxygen atoms in total. The van der Waals surface area contributed by atoms with Crippen LogP contribution in [0.2, 0.25) is 0 Å². The largest absolute Gasteiger partial charge is 0.153 e. The van der Waals surface area contributed by atoms with Crippen molar-refractivity contribution in [2.24, 2.45) is 0 Å². The fourth-order valence-electron chi connectivity index (χ4n) is 1.44. The third kappa shape index (κ3) is 1.79. The van der Waals surface area contributed by atoms with E-state index in [-0.39, 0.29) is 0 Å². The van der Waals surface area contributed by atoms with Gasteiger partial charge in [0.05, 0.1) is 0 Å². The molecule has 0 spiro atoms. The quantitative estimate of drug-likeness (QED) is 0.641. The smallest absolute Gasteiger partial charge is 0.0391 e. The summed E-state index contributed by atoms with van der Waals surface area (Å²) in [6.07, 6.45) is 4.24. The highest BCUT2D eigenvalue weighted by molar-refractivity contribution is 7.99. The topological polar surface area (TPSA) is 0 Å². The molecule has 60 valence electrons. The van der Waals surface area contributed by atoms with Gasteiger partial charge in [-0.2, -0.15) is 11.8 Å². The van der Waals surface area contributed by atoms with E-state index in [4.69, 9.17) is 0 Å². The molecule has 0 aromatic carbocycles. The summed E-state index contributed by atoms with van der Waals surface area (Å²) >= 11 is 4.04. The van der Waals surface area contributed by atoms with Gasteiger partial charge in [-0.3, -0.25) is 0 Å². The van der Waals surface area contributed by atoms with Crippen molar-refractivity contribution in [2.45, 2.75) is 24.5 Å². The lowest BCUT2D eigenvalue weighted by Crippen LogP contribution is -1.99. The Labute approximate surface area is 76.0 Å². The molecule has 0 radical (unpaired) electrons. The molecule has 1 aliphatic heterocycles. The Morgan fingerprint density at radius 3 is 3.00 bits per heavy atom. The van der Waals surface area contributed by atoms with E-state index in [0.717, 1.165) is 5.25 Å². The summed E-state index contributed by atoms with van der Waals surface area (Å²) in [6.45, 7) is 0. The van der Waals surface area contributed by atoms with E-state index in [0.29, 0.717) is 0 Å². The second-order valence-electron chi connectivity index (χ2n) is 2.87. The summed E-state index contributed by atoms with van der Waals surface area (Å²) in [5.41, 5.74) is 0. The zero-order valence-electron chi connectivity index (χ0n) is 6.45. The molecule has 1 aromatic heterocycles. The number of hydrogen-bond donors (Lipinski definition) is 0. The molecule has 2 heteroatoms. The van der Waals surface area contributed by atoms with Crippen molar-refractivity contribution in [1.29, 1.82) is 0 Å². The minimum Gasteiger partial charge on any atom is -0.153 e. The van der Waals surface area contributed by atoms with E-state index in [1.54, 1.807) is 4.88 Å². The molecule has 1 aliphatic rings. The Morgan fingerprint density at radius 1 is 1.36 bits per heavy atom. The van der Waals surface area contributed by atoms with Crippen LogP contribution in [0.3, 0.4) is 0 Å². The Kier molecular flexibility index (Phi) is 2.54. The van der Waals surface area contributed by atoms with Crippen molar-refractivity contribution in [1.82, 2.24) is 0 Å². The van der Waals surface area contributed by atoms with Crippen LogP contribution in [0.1, 0.15) is 29.4 Å². The van der Waals surface area contributed by atoms with E-state index < -0.39 is 0 Å². The first-order valence-corrected chi connectivity index (χ1v) is 6.04. The van der Waals surface area contributed by atoms with Crippen LogP contribution in [0.4, 0.5) is 0 Å². The van der Waals surface area contributed by atoms with Crippen LogP contribution in [0, 0.1) is 0 Å². The van der Waals surface area contributed by atoms with E-state index in [9.17, 15) is 0 Å². The average Bonchev–Trinajstić information content (AvgIpc) is 2.58. The molecule has 0 bridgehead atoms. The number of thioether (sulfide) groups is 1. The van der Waals surface area contributed by atoms with Gasteiger partial charge in [-0.05, 0) is 30.0 Å². The summed E-state index contributed by atoms with van der Waals surface area (Å²) in [6, 6.07) is 4.43. The molecule has 1 aromatic rings. The van der Waals surface area contributed by atoms with Gasteiger partial charge in [-0.1, -0.05) is 12.5 Å². The highest BCUT2D eigenvalue weighted by atomic mass is 32.2. The summed E-state index contributed by atoms with van der Waals surface area (Å²) in [7, 11) is 0. The van der Waals surface area contributed by atoms with Crippen LogP contribution in [0.5, 0.6) is 0 Å². The van der Waals surface area contributed by atoms with Crippen LogP contribution in [-0.2, 0) is 0 Å². The van der Waals surface area contributed by atoms with E-state index in [1.165, 1.54) is 25.0 Å². The molecular weight excluding hydrogens is 172 g/mol. The van der Waals surface area contributed by atoms with Crippen molar-refractivity contribution in [3.05, 3.63) is 22.4 Å². The van der Waals surface area contributed by atoms with Gasteiger partial charge < -0.3 is 0 Å². The fraction of sp³-hybridized carbons (Fsp3) is 0.556. The van der Waals surface area contributed by atoms with Crippen molar-refractivity contribution < 1.29 is 0 Å². The van der Waals surface area contributed by atoms with Crippen molar-refractivity contribution >= 4 is 23.1 Å². The SMILES string of the molecule is c1csc(C2CCCCS2)c1. The first kappa shape index (κ1) is 7.69. The maximum Gasteiger partial charge on any atom is 0.0391 e. The minimum atomic E-state index is 0.823. The lowest BCUT2D eigenvalue weighted by Gasteiger charge is -2.19. The maximum absolute atomic E-state index is 2.27. The fourth-order valence-corrected chi connectivity index (χ4v) is 3.78. The third-order valence-corrected chi connectivity index (χ3v) is 4.59. The molecule has 2 heterocycles. The molecule has 0 N–H and O–H groups in total. The molecule has 1 fully saturated rings. The molecule has 0 aliphatic carbocycles. The predicted molar refractivity (Wildman–Crippen MR) is 53.4 cm³/mol. The van der Waals surface area contributed by atoms with Crippen LogP contribution in [0.15, 0.2) is 17.5 Å². The molecule has 1 saturated heterocycles.